The zero-order chi connectivity index (χ0) is 14.1. The summed E-state index contributed by atoms with van der Waals surface area (Å²) in [6.45, 7) is 6.24. The predicted molar refractivity (Wildman–Crippen MR) is 78.1 cm³/mol. The van der Waals surface area contributed by atoms with Crippen LogP contribution < -0.4 is 5.32 Å². The third kappa shape index (κ3) is 4.62. The zero-order valence-electron chi connectivity index (χ0n) is 12.4. The monoisotopic (exact) mass is 268 g/mol. The average Bonchev–Trinajstić information content (AvgIpc) is 2.46. The van der Waals surface area contributed by atoms with Crippen molar-refractivity contribution in [3.05, 3.63) is 12.7 Å². The van der Waals surface area contributed by atoms with Gasteiger partial charge in [-0.15, -0.1) is 6.58 Å². The second-order valence-electron chi connectivity index (χ2n) is 5.31. The van der Waals surface area contributed by atoms with Gasteiger partial charge in [0.25, 0.3) is 5.91 Å². The predicted octanol–water partition coefficient (Wildman–Crippen LogP) is 1.96. The molecule has 0 unspecified atom stereocenters. The van der Waals surface area contributed by atoms with Crippen LogP contribution in [0.3, 0.4) is 0 Å². The van der Waals surface area contributed by atoms with E-state index < -0.39 is 5.60 Å². The highest BCUT2D eigenvalue weighted by atomic mass is 16.5. The number of allylic oxidation sites excluding steroid dienone is 1. The largest absolute Gasteiger partial charge is 0.368 e. The first-order chi connectivity index (χ1) is 9.16. The second kappa shape index (κ2) is 8.33. The van der Waals surface area contributed by atoms with Crippen LogP contribution in [0.5, 0.6) is 0 Å². The molecule has 0 spiro atoms. The highest BCUT2D eigenvalue weighted by Crippen LogP contribution is 2.24. The van der Waals surface area contributed by atoms with Crippen molar-refractivity contribution in [2.24, 2.45) is 0 Å². The molecule has 1 aliphatic rings. The number of carbonyl (C=O) groups excluding carboxylic acids is 1. The van der Waals surface area contributed by atoms with Crippen molar-refractivity contribution in [2.45, 2.75) is 44.1 Å². The first kappa shape index (κ1) is 16.2. The molecule has 0 saturated carbocycles. The van der Waals surface area contributed by atoms with Gasteiger partial charge in [0.2, 0.25) is 0 Å². The lowest BCUT2D eigenvalue weighted by Gasteiger charge is -2.37. The number of ether oxygens (including phenoxy) is 1. The Hall–Kier alpha value is -0.870. The van der Waals surface area contributed by atoms with Crippen molar-refractivity contribution in [1.29, 1.82) is 0 Å². The maximum Gasteiger partial charge on any atom is 0.254 e. The van der Waals surface area contributed by atoms with Gasteiger partial charge in [-0.05, 0) is 45.2 Å². The van der Waals surface area contributed by atoms with Crippen molar-refractivity contribution < 1.29 is 9.53 Å². The fourth-order valence-corrected chi connectivity index (χ4v) is 2.60. The fourth-order valence-electron chi connectivity index (χ4n) is 2.60. The molecule has 1 fully saturated rings. The molecule has 1 heterocycles. The Kier molecular flexibility index (Phi) is 7.10. The molecule has 0 aliphatic carbocycles. The highest BCUT2D eigenvalue weighted by Gasteiger charge is 2.41. The Morgan fingerprint density at radius 2 is 2.05 bits per heavy atom. The van der Waals surface area contributed by atoms with E-state index in [9.17, 15) is 4.79 Å². The van der Waals surface area contributed by atoms with Crippen molar-refractivity contribution in [3.63, 3.8) is 0 Å². The Bertz CT molecular complexity index is 286. The van der Waals surface area contributed by atoms with Gasteiger partial charge in [-0.3, -0.25) is 4.79 Å². The second-order valence-corrected chi connectivity index (χ2v) is 5.31. The van der Waals surface area contributed by atoms with Crippen LogP contribution in [-0.2, 0) is 9.53 Å². The molecule has 1 N–H and O–H groups in total. The molecule has 0 bridgehead atoms. The van der Waals surface area contributed by atoms with Crippen LogP contribution >= 0.6 is 0 Å². The van der Waals surface area contributed by atoms with Crippen LogP contribution in [0.2, 0.25) is 0 Å². The number of rotatable bonds is 8. The zero-order valence-corrected chi connectivity index (χ0v) is 12.4. The van der Waals surface area contributed by atoms with Crippen LogP contribution in [0.15, 0.2) is 12.7 Å². The molecular formula is C15H28N2O2. The van der Waals surface area contributed by atoms with Gasteiger partial charge in [0.1, 0.15) is 5.60 Å². The summed E-state index contributed by atoms with van der Waals surface area (Å²) in [5, 5.41) is 3.27. The van der Waals surface area contributed by atoms with E-state index in [4.69, 9.17) is 4.74 Å². The molecule has 0 aromatic carbocycles. The van der Waals surface area contributed by atoms with Crippen LogP contribution in [0.1, 0.15) is 38.5 Å². The van der Waals surface area contributed by atoms with Gasteiger partial charge in [-0.2, -0.15) is 0 Å². The number of piperidine rings is 1. The van der Waals surface area contributed by atoms with Gasteiger partial charge in [0.05, 0.1) is 0 Å². The Labute approximate surface area is 117 Å². The maximum atomic E-state index is 12.5. The fraction of sp³-hybridized carbons (Fsp3) is 0.800. The quantitative estimate of drug-likeness (QED) is 0.540. The van der Waals surface area contributed by atoms with Gasteiger partial charge in [0, 0.05) is 20.7 Å². The molecule has 110 valence electrons. The summed E-state index contributed by atoms with van der Waals surface area (Å²) in [5.74, 6) is 0.139. The third-order valence-electron chi connectivity index (χ3n) is 3.94. The van der Waals surface area contributed by atoms with E-state index in [1.54, 1.807) is 7.11 Å². The first-order valence-electron chi connectivity index (χ1n) is 7.28. The number of likely N-dealkylation sites (N-methyl/N-ethyl adjacent to an activating group) is 1. The summed E-state index contributed by atoms with van der Waals surface area (Å²) >= 11 is 0. The normalized spacial score (nSPS) is 18.0. The lowest BCUT2D eigenvalue weighted by atomic mass is 9.90. The van der Waals surface area contributed by atoms with Crippen LogP contribution in [0.25, 0.3) is 0 Å². The van der Waals surface area contributed by atoms with E-state index in [-0.39, 0.29) is 5.91 Å². The molecule has 1 amide bonds. The number of nitrogens with one attached hydrogen (secondary N) is 1. The minimum atomic E-state index is -0.596. The molecule has 0 atom stereocenters. The van der Waals surface area contributed by atoms with Gasteiger partial charge < -0.3 is 15.0 Å². The summed E-state index contributed by atoms with van der Waals surface area (Å²) in [4.78, 5) is 14.4. The Morgan fingerprint density at radius 3 is 2.63 bits per heavy atom. The Balaban J connectivity index is 2.39. The van der Waals surface area contributed by atoms with Crippen molar-refractivity contribution in [2.75, 3.05) is 33.8 Å². The number of hydrogen-bond acceptors (Lipinski definition) is 3. The van der Waals surface area contributed by atoms with E-state index in [2.05, 4.69) is 11.9 Å². The number of carbonyl (C=O) groups is 1. The van der Waals surface area contributed by atoms with E-state index in [0.717, 1.165) is 58.2 Å². The van der Waals surface area contributed by atoms with Crippen LogP contribution in [0, 0.1) is 0 Å². The lowest BCUT2D eigenvalue weighted by molar-refractivity contribution is -0.157. The molecule has 19 heavy (non-hydrogen) atoms. The minimum absolute atomic E-state index is 0.139. The number of methoxy groups -OCH3 is 1. The van der Waals surface area contributed by atoms with Crippen LogP contribution in [0.4, 0.5) is 0 Å². The molecule has 1 aliphatic heterocycles. The maximum absolute atomic E-state index is 12.5. The summed E-state index contributed by atoms with van der Waals surface area (Å²) in [5.41, 5.74) is -0.596. The van der Waals surface area contributed by atoms with Gasteiger partial charge in [-0.25, -0.2) is 0 Å². The van der Waals surface area contributed by atoms with Gasteiger partial charge in [-0.1, -0.05) is 12.5 Å². The van der Waals surface area contributed by atoms with Crippen LogP contribution in [-0.4, -0.2) is 50.2 Å². The van der Waals surface area contributed by atoms with E-state index in [1.807, 2.05) is 18.0 Å². The van der Waals surface area contributed by atoms with E-state index in [1.165, 1.54) is 0 Å². The van der Waals surface area contributed by atoms with Gasteiger partial charge in [0.15, 0.2) is 0 Å². The number of unbranched alkanes of at least 4 members (excludes halogenated alkanes) is 3. The standard InChI is InChI=1S/C15H28N2O2/c1-4-5-6-7-8-13-17(2)14(18)15(19-3)9-11-16-12-10-15/h4,16H,1,5-13H2,2-3H3. The first-order valence-corrected chi connectivity index (χ1v) is 7.28. The van der Waals surface area contributed by atoms with Crippen molar-refractivity contribution >= 4 is 5.91 Å². The lowest BCUT2D eigenvalue weighted by Crippen LogP contribution is -2.54. The molecule has 0 aromatic heterocycles. The van der Waals surface area contributed by atoms with Gasteiger partial charge >= 0.3 is 0 Å². The highest BCUT2D eigenvalue weighted by molar-refractivity contribution is 5.85. The topological polar surface area (TPSA) is 41.6 Å². The molecule has 0 radical (unpaired) electrons. The van der Waals surface area contributed by atoms with Crippen molar-refractivity contribution in [1.82, 2.24) is 10.2 Å². The summed E-state index contributed by atoms with van der Waals surface area (Å²) in [6, 6.07) is 0. The number of hydrogen-bond donors (Lipinski definition) is 1. The number of amides is 1. The van der Waals surface area contributed by atoms with Crippen molar-refractivity contribution in [3.8, 4) is 0 Å². The molecule has 4 heteroatoms. The number of nitrogens with zero attached hydrogens (tertiary/aromatic N) is 1. The van der Waals surface area contributed by atoms with E-state index >= 15 is 0 Å². The van der Waals surface area contributed by atoms with E-state index in [0.29, 0.717) is 0 Å². The molecule has 4 nitrogen and oxygen atoms in total. The summed E-state index contributed by atoms with van der Waals surface area (Å²) in [6.07, 6.45) is 7.89. The summed E-state index contributed by atoms with van der Waals surface area (Å²) in [7, 11) is 3.54. The summed E-state index contributed by atoms with van der Waals surface area (Å²) < 4.78 is 5.56. The molecule has 0 aromatic rings. The third-order valence-corrected chi connectivity index (χ3v) is 3.94. The smallest absolute Gasteiger partial charge is 0.254 e. The minimum Gasteiger partial charge on any atom is -0.368 e. The Morgan fingerprint density at radius 1 is 1.37 bits per heavy atom. The molecule has 1 saturated heterocycles. The molecule has 1 rings (SSSR count). The average molecular weight is 268 g/mol. The SMILES string of the molecule is C=CCCCCCN(C)C(=O)C1(OC)CCNCC1. The molecular weight excluding hydrogens is 240 g/mol.